The first kappa shape index (κ1) is 78.2. The largest absolute Gasteiger partial charge is 0.228 e. The quantitative estimate of drug-likeness (QED) is 0.0904. The molecule has 0 saturated carbocycles. The van der Waals surface area contributed by atoms with E-state index >= 15 is 0 Å². The summed E-state index contributed by atoms with van der Waals surface area (Å²) in [5.74, 6) is 2.15. The molecular weight excluding hydrogens is 1490 g/mol. The van der Waals surface area contributed by atoms with Crippen LogP contribution in [-0.4, -0.2) is 29.9 Å². The lowest BCUT2D eigenvalue weighted by molar-refractivity contribution is 1.18. The lowest BCUT2D eigenvalue weighted by atomic mass is 9.93. The van der Waals surface area contributed by atoms with Gasteiger partial charge in [-0.15, -0.1) is 0 Å². The monoisotopic (exact) mass is 1570 g/mol. The van der Waals surface area contributed by atoms with E-state index in [-0.39, 0.29) is 0 Å². The van der Waals surface area contributed by atoms with Gasteiger partial charge in [0.1, 0.15) is 0 Å². The van der Waals surface area contributed by atoms with Gasteiger partial charge in [-0.25, -0.2) is 29.9 Å². The summed E-state index contributed by atoms with van der Waals surface area (Å²) in [6.45, 7) is 6.29. The summed E-state index contributed by atoms with van der Waals surface area (Å²) < 4.78 is 0. The van der Waals surface area contributed by atoms with Crippen molar-refractivity contribution in [1.82, 2.24) is 29.9 Å². The molecule has 0 saturated heterocycles. The number of hydrogen-bond donors (Lipinski definition) is 0. The highest BCUT2D eigenvalue weighted by atomic mass is 14.9. The number of benzene rings is 17. The van der Waals surface area contributed by atoms with Gasteiger partial charge in [0, 0.05) is 50.1 Å². The Balaban J connectivity index is 0.000000128. The van der Waals surface area contributed by atoms with Crippen molar-refractivity contribution in [3.63, 3.8) is 0 Å². The van der Waals surface area contributed by atoms with Gasteiger partial charge in [0.25, 0.3) is 0 Å². The van der Waals surface area contributed by atoms with Crippen LogP contribution >= 0.6 is 0 Å². The Labute approximate surface area is 720 Å². The fraction of sp³-hybridized carbons (Fsp3) is 0.0256. The Kier molecular flexibility index (Phi) is 23.4. The summed E-state index contributed by atoms with van der Waals surface area (Å²) in [5.41, 5.74) is 37.1. The predicted octanol–water partition coefficient (Wildman–Crippen LogP) is 30.7. The zero-order valence-electron chi connectivity index (χ0n) is 68.6. The number of aromatic nitrogens is 6. The molecule has 0 radical (unpaired) electrons. The summed E-state index contributed by atoms with van der Waals surface area (Å²) in [7, 11) is 0. The van der Waals surface area contributed by atoms with Crippen molar-refractivity contribution in [2.24, 2.45) is 0 Å². The van der Waals surface area contributed by atoms with E-state index in [4.69, 9.17) is 29.9 Å². The highest BCUT2D eigenvalue weighted by Gasteiger charge is 2.19. The third-order valence-corrected chi connectivity index (χ3v) is 22.1. The highest BCUT2D eigenvalue weighted by molar-refractivity contribution is 5.87. The minimum atomic E-state index is 0.699. The first-order valence-corrected chi connectivity index (χ1v) is 41.7. The summed E-state index contributed by atoms with van der Waals surface area (Å²) in [5, 5.41) is 0. The molecule has 6 heteroatoms. The Bertz CT molecular complexity index is 6500. The molecule has 0 N–H and O–H groups in total. The van der Waals surface area contributed by atoms with Gasteiger partial charge >= 0.3 is 0 Å². The minimum absolute atomic E-state index is 0.699. The van der Waals surface area contributed by atoms with Crippen LogP contribution in [0.1, 0.15) is 16.7 Å². The number of aryl methyl sites for hydroxylation is 3. The minimum Gasteiger partial charge on any atom is -0.228 e. The first-order valence-electron chi connectivity index (χ1n) is 41.7. The van der Waals surface area contributed by atoms with E-state index in [1.165, 1.54) is 61.2 Å². The third kappa shape index (κ3) is 18.9. The zero-order valence-corrected chi connectivity index (χ0v) is 68.6. The van der Waals surface area contributed by atoms with Crippen LogP contribution in [0.4, 0.5) is 0 Å². The molecule has 20 rings (SSSR count). The van der Waals surface area contributed by atoms with Gasteiger partial charge in [-0.1, -0.05) is 417 Å². The second-order valence-electron chi connectivity index (χ2n) is 30.8. The average Bonchev–Trinajstić information content (AvgIpc) is 0.816. The molecular formula is C117H86N6. The Hall–Kier alpha value is -16.0. The van der Waals surface area contributed by atoms with E-state index in [2.05, 4.69) is 464 Å². The van der Waals surface area contributed by atoms with Crippen LogP contribution in [0, 0.1) is 20.8 Å². The van der Waals surface area contributed by atoms with Crippen molar-refractivity contribution in [3.05, 3.63) is 484 Å². The van der Waals surface area contributed by atoms with Crippen molar-refractivity contribution in [1.29, 1.82) is 0 Å². The Morgan fingerprint density at radius 3 is 0.504 bits per heavy atom. The second-order valence-corrected chi connectivity index (χ2v) is 30.8. The smallest absolute Gasteiger partial charge is 0.160 e. The molecule has 0 amide bonds. The SMILES string of the molecule is Cc1ccc(-c2nc(-c3cc(-c4ccccc4)cc(-c4ccccc4)c3)cc(-c3cc(-c4ccccc4)cc(-c4ccccc4)c3)n2)cc1.Cc1ccc(-c2nc(-c3ccc(-c4ccccc4)cc3)cc(-c3ccc(-c4ccccc4)cc3)n2)cc1.Cc1ccc(-c2nc(-c3cccc(-c4ccccc4)c3)cc(-c3cccc(-c4ccccc4)c3)n2)cc1. The molecule has 3 aromatic heterocycles. The molecule has 6 nitrogen and oxygen atoms in total. The summed E-state index contributed by atoms with van der Waals surface area (Å²) >= 11 is 0. The normalized spacial score (nSPS) is 10.9. The average molecular weight is 1580 g/mol. The molecule has 3 heterocycles. The lowest BCUT2D eigenvalue weighted by Gasteiger charge is -2.15. The summed E-state index contributed by atoms with van der Waals surface area (Å²) in [6.07, 6.45) is 0. The van der Waals surface area contributed by atoms with Gasteiger partial charge in [0.2, 0.25) is 0 Å². The topological polar surface area (TPSA) is 77.3 Å². The van der Waals surface area contributed by atoms with Crippen LogP contribution in [0.25, 0.3) is 191 Å². The summed E-state index contributed by atoms with van der Waals surface area (Å²) in [4.78, 5) is 30.5. The number of hydrogen-bond acceptors (Lipinski definition) is 6. The molecule has 0 spiro atoms. The van der Waals surface area contributed by atoms with Gasteiger partial charge in [-0.05, 0) is 177 Å². The van der Waals surface area contributed by atoms with Gasteiger partial charge < -0.3 is 0 Å². The molecule has 123 heavy (non-hydrogen) atoms. The molecule has 17 aromatic carbocycles. The van der Waals surface area contributed by atoms with Crippen molar-refractivity contribution in [2.75, 3.05) is 0 Å². The fourth-order valence-electron chi connectivity index (χ4n) is 15.4. The molecule has 0 aliphatic carbocycles. The van der Waals surface area contributed by atoms with Crippen LogP contribution in [0.5, 0.6) is 0 Å². The van der Waals surface area contributed by atoms with Crippen molar-refractivity contribution < 1.29 is 0 Å². The van der Waals surface area contributed by atoms with E-state index in [9.17, 15) is 0 Å². The molecule has 0 unspecified atom stereocenters. The first-order chi connectivity index (χ1) is 60.6. The fourth-order valence-corrected chi connectivity index (χ4v) is 15.4. The van der Waals surface area contributed by atoms with E-state index in [0.29, 0.717) is 5.82 Å². The highest BCUT2D eigenvalue weighted by Crippen LogP contribution is 2.40. The molecule has 584 valence electrons. The van der Waals surface area contributed by atoms with Crippen LogP contribution in [0.3, 0.4) is 0 Å². The van der Waals surface area contributed by atoms with Gasteiger partial charge in [0.05, 0.1) is 34.2 Å². The number of rotatable bonds is 17. The van der Waals surface area contributed by atoms with Gasteiger partial charge in [-0.2, -0.15) is 0 Å². The number of nitrogens with zero attached hydrogens (tertiary/aromatic N) is 6. The maximum Gasteiger partial charge on any atom is 0.160 e. The van der Waals surface area contributed by atoms with E-state index < -0.39 is 0 Å². The van der Waals surface area contributed by atoms with E-state index in [1.807, 2.05) is 24.3 Å². The van der Waals surface area contributed by atoms with Crippen molar-refractivity contribution in [3.8, 4) is 191 Å². The predicted molar refractivity (Wildman–Crippen MR) is 513 cm³/mol. The van der Waals surface area contributed by atoms with Gasteiger partial charge in [-0.3, -0.25) is 0 Å². The Morgan fingerprint density at radius 1 is 0.106 bits per heavy atom. The van der Waals surface area contributed by atoms with Crippen LogP contribution in [0.2, 0.25) is 0 Å². The third-order valence-electron chi connectivity index (χ3n) is 22.1. The molecule has 20 aromatic rings. The second kappa shape index (κ2) is 36.9. The molecule has 0 aliphatic rings. The molecule has 0 fully saturated rings. The van der Waals surface area contributed by atoms with Crippen molar-refractivity contribution in [2.45, 2.75) is 20.8 Å². The molecule has 0 aliphatic heterocycles. The maximum atomic E-state index is 5.25. The van der Waals surface area contributed by atoms with Crippen molar-refractivity contribution >= 4 is 0 Å². The molecule has 0 bridgehead atoms. The molecule has 0 atom stereocenters. The standard InChI is InChI=1S/C47H34N2.2C35H26N2/c1-33-22-24-38(25-23-33)47-48-45(43-28-39(34-14-6-2-7-15-34)26-40(29-43)35-16-8-3-9-17-35)32-46(49-47)44-30-41(36-18-10-4-11-19-36)27-42(31-44)37-20-12-5-13-21-37;1-25-18-20-28(21-19-25)35-36-33(31-16-8-14-29(22-31)26-10-4-2-5-11-26)24-34(37-35)32-17-9-15-30(23-32)27-12-6-3-7-13-27;1-25-12-14-32(15-13-25)35-36-33(30-20-16-28(17-21-30)26-8-4-2-5-9-26)24-34(37-35)31-22-18-29(19-23-31)27-10-6-3-7-11-27/h2-32H,1H3;2*2-24H,1H3. The maximum absolute atomic E-state index is 5.25. The van der Waals surface area contributed by atoms with E-state index in [0.717, 1.165) is 140 Å². The van der Waals surface area contributed by atoms with Crippen LogP contribution < -0.4 is 0 Å². The lowest BCUT2D eigenvalue weighted by Crippen LogP contribution is -1.97. The van der Waals surface area contributed by atoms with E-state index in [1.54, 1.807) is 0 Å². The Morgan fingerprint density at radius 2 is 0.260 bits per heavy atom. The zero-order chi connectivity index (χ0) is 83.1. The van der Waals surface area contributed by atoms with Crippen LogP contribution in [-0.2, 0) is 0 Å². The van der Waals surface area contributed by atoms with Crippen LogP contribution in [0.15, 0.2) is 467 Å². The summed E-state index contributed by atoms with van der Waals surface area (Å²) in [6, 6.07) is 164. The van der Waals surface area contributed by atoms with Gasteiger partial charge in [0.15, 0.2) is 17.5 Å².